The van der Waals surface area contributed by atoms with Crippen LogP contribution >= 0.6 is 22.4 Å². The molecule has 6 atom stereocenters. The van der Waals surface area contributed by atoms with E-state index in [1.165, 1.54) is 0 Å². The molecule has 2 aromatic heterocycles. The molecule has 1 fully saturated rings. The summed E-state index contributed by atoms with van der Waals surface area (Å²) in [6.45, 7) is -5.85. The predicted molar refractivity (Wildman–Crippen MR) is 215 cm³/mol. The number of rotatable bonds is 14. The number of ether oxygens (including phenoxy) is 1. The second-order valence-corrected chi connectivity index (χ2v) is 20.3. The number of anilines is 1. The van der Waals surface area contributed by atoms with Gasteiger partial charge in [0.2, 0.25) is 5.95 Å². The molecule has 4 aromatic carbocycles. The van der Waals surface area contributed by atoms with Crippen molar-refractivity contribution >= 4 is 51.3 Å². The Hall–Kier alpha value is -4.26. The van der Waals surface area contributed by atoms with Crippen LogP contribution in [0.5, 0.6) is 0 Å². The Morgan fingerprint density at radius 1 is 0.733 bits per heavy atom. The van der Waals surface area contributed by atoms with Crippen LogP contribution in [0.1, 0.15) is 40.3 Å². The molecule has 6 aromatic rings. The van der Waals surface area contributed by atoms with Crippen molar-refractivity contribution in [3.05, 3.63) is 136 Å². The number of benzene rings is 4. The molecule has 6 unspecified atom stereocenters. The second-order valence-electron chi connectivity index (χ2n) is 14.2. The van der Waals surface area contributed by atoms with Gasteiger partial charge in [-0.05, 0) is 56.3 Å². The summed E-state index contributed by atoms with van der Waals surface area (Å²) in [6.07, 6.45) is -5.38. The number of phosphoric ester groups is 1. The van der Waals surface area contributed by atoms with Gasteiger partial charge in [-0.3, -0.25) is 23.5 Å². The van der Waals surface area contributed by atoms with Crippen LogP contribution < -0.4 is 21.1 Å². The monoisotopic (exact) mass is 893 g/mol. The van der Waals surface area contributed by atoms with E-state index < -0.39 is 70.9 Å². The first kappa shape index (κ1) is 41.1. The molecule has 3 aliphatic rings. The maximum Gasteiger partial charge on any atom is 0.333 e. The molecule has 1 aliphatic heterocycles. The molecule has 0 spiro atoms. The first-order valence-electron chi connectivity index (χ1n) is 18.4. The molecule has 5 N–H and O–H groups in total. The summed E-state index contributed by atoms with van der Waals surface area (Å²) in [7, 11) is -11.8. The summed E-state index contributed by atoms with van der Waals surface area (Å²) in [5.74, 6) is -1.08. The van der Waals surface area contributed by atoms with Gasteiger partial charge in [0.25, 0.3) is 21.2 Å². The van der Waals surface area contributed by atoms with E-state index in [0.29, 0.717) is 0 Å². The average molecular weight is 894 g/mol. The summed E-state index contributed by atoms with van der Waals surface area (Å²) in [4.78, 5) is 49.0. The van der Waals surface area contributed by atoms with Gasteiger partial charge < -0.3 is 44.0 Å². The number of nitrogens with one attached hydrogen (secondary N) is 1. The normalized spacial score (nSPS) is 21.9. The summed E-state index contributed by atoms with van der Waals surface area (Å²) in [5.41, 5.74) is 12.2. The Labute approximate surface area is 346 Å². The van der Waals surface area contributed by atoms with Crippen molar-refractivity contribution in [2.45, 2.75) is 36.4 Å². The summed E-state index contributed by atoms with van der Waals surface area (Å²) < 4.78 is 60.2. The number of imidazole rings is 1. The number of aliphatic hydroxyl groups is 2. The van der Waals surface area contributed by atoms with Gasteiger partial charge >= 0.3 is 6.72 Å². The Balaban J connectivity index is 0.929. The van der Waals surface area contributed by atoms with Crippen LogP contribution in [0.3, 0.4) is 0 Å². The SMILES string of the molecule is Nc1nc2c(ncn2C2OC(COP(=O)([O-])OP(=O)([O-])OP(=S)(OCC3c4ccccc4-c4ccccc43)OCC3c4ccccc4-c4ccccc43)C(O)C2O)c(=O)[nH]1. The largest absolute Gasteiger partial charge is 0.756 e. The Morgan fingerprint density at radius 3 is 1.72 bits per heavy atom. The van der Waals surface area contributed by atoms with Gasteiger partial charge in [0.05, 0.1) is 26.1 Å². The van der Waals surface area contributed by atoms with Gasteiger partial charge in [-0.15, -0.1) is 0 Å². The highest BCUT2D eigenvalue weighted by atomic mass is 32.5. The lowest BCUT2D eigenvalue weighted by molar-refractivity contribution is -0.241. The molecule has 312 valence electrons. The van der Waals surface area contributed by atoms with Crippen LogP contribution in [0.4, 0.5) is 5.95 Å². The minimum absolute atomic E-state index is 0.0980. The third-order valence-corrected chi connectivity index (χ3v) is 16.4. The van der Waals surface area contributed by atoms with Crippen LogP contribution in [0, 0.1) is 0 Å². The molecule has 0 bridgehead atoms. The van der Waals surface area contributed by atoms with Crippen molar-refractivity contribution in [3.8, 4) is 22.3 Å². The van der Waals surface area contributed by atoms with Gasteiger partial charge in [-0.25, -0.2) is 13.6 Å². The average Bonchev–Trinajstić information content (AvgIpc) is 3.95. The van der Waals surface area contributed by atoms with E-state index in [0.717, 1.165) is 55.4 Å². The molecule has 1 saturated heterocycles. The molecular formula is C38H34N5O13P3S-2. The molecule has 60 heavy (non-hydrogen) atoms. The zero-order chi connectivity index (χ0) is 42.0. The van der Waals surface area contributed by atoms with E-state index in [9.17, 15) is 33.9 Å². The molecule has 0 amide bonds. The van der Waals surface area contributed by atoms with Crippen molar-refractivity contribution in [1.29, 1.82) is 0 Å². The van der Waals surface area contributed by atoms with Crippen molar-refractivity contribution in [2.75, 3.05) is 25.6 Å². The fourth-order valence-electron chi connectivity index (χ4n) is 7.97. The molecule has 0 radical (unpaired) electrons. The van der Waals surface area contributed by atoms with E-state index in [4.69, 9.17) is 40.2 Å². The number of nitrogens with zero attached hydrogens (tertiary/aromatic N) is 3. The quantitative estimate of drug-likeness (QED) is 0.112. The Kier molecular flexibility index (Phi) is 10.9. The zero-order valence-electron chi connectivity index (χ0n) is 31.0. The smallest absolute Gasteiger partial charge is 0.333 e. The van der Waals surface area contributed by atoms with Crippen molar-refractivity contribution in [3.63, 3.8) is 0 Å². The van der Waals surface area contributed by atoms with E-state index in [2.05, 4.69) is 19.3 Å². The van der Waals surface area contributed by atoms with E-state index in [1.807, 2.05) is 97.1 Å². The third kappa shape index (κ3) is 7.77. The minimum Gasteiger partial charge on any atom is -0.756 e. The number of hydrogen-bond donors (Lipinski definition) is 4. The second kappa shape index (κ2) is 15.9. The summed E-state index contributed by atoms with van der Waals surface area (Å²) >= 11 is 5.72. The van der Waals surface area contributed by atoms with Gasteiger partial charge in [0.15, 0.2) is 17.4 Å². The van der Waals surface area contributed by atoms with E-state index in [-0.39, 0.29) is 30.3 Å². The summed E-state index contributed by atoms with van der Waals surface area (Å²) in [6, 6.07) is 30.6. The van der Waals surface area contributed by atoms with Crippen LogP contribution in [-0.4, -0.2) is 67.9 Å². The van der Waals surface area contributed by atoms with Crippen LogP contribution in [0.25, 0.3) is 33.4 Å². The molecule has 22 heteroatoms. The number of nitrogens with two attached hydrogens (primary N) is 1. The van der Waals surface area contributed by atoms with Crippen LogP contribution in [-0.2, 0) is 47.9 Å². The highest BCUT2D eigenvalue weighted by Gasteiger charge is 2.45. The number of hydrogen-bond acceptors (Lipinski definition) is 17. The lowest BCUT2D eigenvalue weighted by atomic mass is 9.98. The molecule has 0 saturated carbocycles. The molecule has 9 rings (SSSR count). The van der Waals surface area contributed by atoms with Crippen molar-refractivity contribution in [1.82, 2.24) is 19.5 Å². The number of phosphoric acid groups is 2. The lowest BCUT2D eigenvalue weighted by Crippen LogP contribution is -2.34. The van der Waals surface area contributed by atoms with Gasteiger partial charge in [0, 0.05) is 11.8 Å². The Bertz CT molecular complexity index is 2650. The topological polar surface area (TPSA) is 266 Å². The lowest BCUT2D eigenvalue weighted by Gasteiger charge is -2.34. The fourth-order valence-corrected chi connectivity index (χ4v) is 13.0. The summed E-state index contributed by atoms with van der Waals surface area (Å²) in [5, 5.41) is 21.5. The molecule has 18 nitrogen and oxygen atoms in total. The van der Waals surface area contributed by atoms with E-state index >= 15 is 0 Å². The third-order valence-electron chi connectivity index (χ3n) is 10.6. The fraction of sp³-hybridized carbons (Fsp3) is 0.237. The number of aromatic amines is 1. The standard InChI is InChI=1S/C38H36N5O13P3S/c39-38-41-35-32(36(46)42-38)40-20-43(35)37-34(45)33(44)31(54-37)19-51-57(47,48)55-58(49,50)56-59(60,52-17-29-25-13-5-1-9-21(25)22-10-2-6-14-26(22)29)53-18-30-27-15-7-3-11-23(27)24-12-4-8-16-28(24)30/h1-16,20,29-31,33-34,37,44-45H,17-19H2,(H,47,48)(H,49,50)(H3,39,41,42,46)/p-2. The van der Waals surface area contributed by atoms with Gasteiger partial charge in [0.1, 0.15) is 18.3 Å². The van der Waals surface area contributed by atoms with Crippen LogP contribution in [0.15, 0.2) is 108 Å². The number of nitrogen functional groups attached to an aromatic ring is 1. The first-order valence-corrected chi connectivity index (χ1v) is 23.9. The van der Waals surface area contributed by atoms with E-state index in [1.54, 1.807) is 0 Å². The van der Waals surface area contributed by atoms with Crippen molar-refractivity contribution in [2.24, 2.45) is 0 Å². The number of aliphatic hydroxyl groups excluding tert-OH is 2. The zero-order valence-corrected chi connectivity index (χ0v) is 34.5. The minimum atomic E-state index is -5.97. The molecule has 2 aliphatic carbocycles. The van der Waals surface area contributed by atoms with Crippen LogP contribution in [0.2, 0.25) is 0 Å². The Morgan fingerprint density at radius 2 is 1.22 bits per heavy atom. The molecular weight excluding hydrogens is 859 g/mol. The molecule has 3 heterocycles. The predicted octanol–water partition coefficient (Wildman–Crippen LogP) is 4.19. The highest BCUT2D eigenvalue weighted by Crippen LogP contribution is 2.67. The number of H-pyrrole nitrogens is 1. The van der Waals surface area contributed by atoms with Crippen molar-refractivity contribution < 1.29 is 56.1 Å². The van der Waals surface area contributed by atoms with Gasteiger partial charge in [-0.1, -0.05) is 97.1 Å². The maximum absolute atomic E-state index is 13.5. The first-order chi connectivity index (χ1) is 28.7. The highest BCUT2D eigenvalue weighted by molar-refractivity contribution is 8.09. The number of fused-ring (bicyclic) bond motifs is 7. The maximum atomic E-state index is 13.5. The van der Waals surface area contributed by atoms with Gasteiger partial charge in [-0.2, -0.15) is 4.98 Å². The number of aromatic nitrogens is 4.